The van der Waals surface area contributed by atoms with Crippen LogP contribution in [0.25, 0.3) is 0 Å². The van der Waals surface area contributed by atoms with Gasteiger partial charge in [-0.1, -0.05) is 11.6 Å². The maximum Gasteiger partial charge on any atom is 0.322 e. The number of hydrogen-bond acceptors (Lipinski definition) is 4. The first-order chi connectivity index (χ1) is 10.5. The van der Waals surface area contributed by atoms with Crippen LogP contribution >= 0.6 is 11.6 Å². The molecule has 2 rings (SSSR count). The molecule has 2 heterocycles. The molecular formula is C15H23ClN4O2. The van der Waals surface area contributed by atoms with Crippen molar-refractivity contribution in [2.24, 2.45) is 0 Å². The number of amides is 2. The minimum Gasteiger partial charge on any atom is -0.473 e. The van der Waals surface area contributed by atoms with Crippen molar-refractivity contribution in [2.45, 2.75) is 26.4 Å². The molecule has 22 heavy (non-hydrogen) atoms. The lowest BCUT2D eigenvalue weighted by Gasteiger charge is -2.22. The Labute approximate surface area is 136 Å². The van der Waals surface area contributed by atoms with Crippen molar-refractivity contribution in [3.63, 3.8) is 0 Å². The predicted molar refractivity (Wildman–Crippen MR) is 87.7 cm³/mol. The number of pyridine rings is 1. The minimum absolute atomic E-state index is 0.0313. The first-order valence-corrected chi connectivity index (χ1v) is 7.90. The topological polar surface area (TPSA) is 57.7 Å². The molecule has 1 aliphatic heterocycles. The molecule has 0 radical (unpaired) electrons. The maximum absolute atomic E-state index is 12.4. The molecule has 0 spiro atoms. The summed E-state index contributed by atoms with van der Waals surface area (Å²) in [6, 6.07) is 1.52. The monoisotopic (exact) mass is 326 g/mol. The van der Waals surface area contributed by atoms with Crippen molar-refractivity contribution in [3.8, 4) is 5.88 Å². The van der Waals surface area contributed by atoms with E-state index in [9.17, 15) is 4.79 Å². The lowest BCUT2D eigenvalue weighted by molar-refractivity contribution is 0.212. The zero-order valence-corrected chi connectivity index (χ0v) is 14.1. The van der Waals surface area contributed by atoms with Gasteiger partial charge in [0.1, 0.15) is 5.69 Å². The second-order valence-corrected chi connectivity index (χ2v) is 6.18. The summed E-state index contributed by atoms with van der Waals surface area (Å²) in [5, 5.41) is 3.33. The Balaban J connectivity index is 2.08. The van der Waals surface area contributed by atoms with Crippen LogP contribution < -0.4 is 10.1 Å². The summed E-state index contributed by atoms with van der Waals surface area (Å²) >= 11 is 5.98. The van der Waals surface area contributed by atoms with Gasteiger partial charge in [0.25, 0.3) is 0 Å². The van der Waals surface area contributed by atoms with Gasteiger partial charge < -0.3 is 19.9 Å². The molecule has 1 aromatic rings. The SMILES string of the molecule is CC(C)Oc1ncc(Cl)cc1NC(=O)N1CCCN(C)CC1. The van der Waals surface area contributed by atoms with Crippen LogP contribution in [0.4, 0.5) is 10.5 Å². The van der Waals surface area contributed by atoms with Crippen LogP contribution in [-0.4, -0.2) is 60.1 Å². The summed E-state index contributed by atoms with van der Waals surface area (Å²) in [6.07, 6.45) is 2.44. The average Bonchev–Trinajstić information content (AvgIpc) is 2.66. The van der Waals surface area contributed by atoms with Crippen LogP contribution in [0, 0.1) is 0 Å². The van der Waals surface area contributed by atoms with E-state index in [0.717, 1.165) is 26.1 Å². The molecule has 2 amide bonds. The van der Waals surface area contributed by atoms with E-state index in [1.165, 1.54) is 6.20 Å². The molecule has 0 saturated carbocycles. The molecule has 1 aliphatic rings. The number of halogens is 1. The minimum atomic E-state index is -0.145. The fourth-order valence-electron chi connectivity index (χ4n) is 2.28. The van der Waals surface area contributed by atoms with E-state index in [1.807, 2.05) is 18.7 Å². The van der Waals surface area contributed by atoms with E-state index in [0.29, 0.717) is 23.1 Å². The van der Waals surface area contributed by atoms with Gasteiger partial charge in [-0.3, -0.25) is 0 Å². The summed E-state index contributed by atoms with van der Waals surface area (Å²) in [6.45, 7) is 7.14. The summed E-state index contributed by atoms with van der Waals surface area (Å²) in [5.74, 6) is 0.389. The second-order valence-electron chi connectivity index (χ2n) is 5.75. The van der Waals surface area contributed by atoms with Crippen LogP contribution in [0.15, 0.2) is 12.3 Å². The lowest BCUT2D eigenvalue weighted by atomic mass is 10.3. The van der Waals surface area contributed by atoms with Crippen molar-refractivity contribution in [1.82, 2.24) is 14.8 Å². The van der Waals surface area contributed by atoms with Gasteiger partial charge >= 0.3 is 6.03 Å². The molecule has 1 N–H and O–H groups in total. The smallest absolute Gasteiger partial charge is 0.322 e. The first-order valence-electron chi connectivity index (χ1n) is 7.52. The van der Waals surface area contributed by atoms with Gasteiger partial charge in [0, 0.05) is 25.8 Å². The summed E-state index contributed by atoms with van der Waals surface area (Å²) < 4.78 is 5.62. The van der Waals surface area contributed by atoms with Gasteiger partial charge in [-0.05, 0) is 39.9 Å². The van der Waals surface area contributed by atoms with Gasteiger partial charge in [-0.25, -0.2) is 9.78 Å². The normalized spacial score (nSPS) is 16.5. The highest BCUT2D eigenvalue weighted by molar-refractivity contribution is 6.30. The second kappa shape index (κ2) is 7.65. The van der Waals surface area contributed by atoms with Gasteiger partial charge in [0.2, 0.25) is 5.88 Å². The Hall–Kier alpha value is -1.53. The molecule has 6 nitrogen and oxygen atoms in total. The van der Waals surface area contributed by atoms with Crippen LogP contribution in [0.5, 0.6) is 5.88 Å². The molecular weight excluding hydrogens is 304 g/mol. The van der Waals surface area contributed by atoms with E-state index in [-0.39, 0.29) is 12.1 Å². The fraction of sp³-hybridized carbons (Fsp3) is 0.600. The third-order valence-electron chi connectivity index (χ3n) is 3.41. The maximum atomic E-state index is 12.4. The van der Waals surface area contributed by atoms with E-state index in [4.69, 9.17) is 16.3 Å². The summed E-state index contributed by atoms with van der Waals surface area (Å²) in [4.78, 5) is 20.6. The van der Waals surface area contributed by atoms with Crippen LogP contribution in [0.1, 0.15) is 20.3 Å². The Morgan fingerprint density at radius 3 is 2.86 bits per heavy atom. The van der Waals surface area contributed by atoms with E-state index >= 15 is 0 Å². The Bertz CT molecular complexity index is 524. The number of anilines is 1. The summed E-state index contributed by atoms with van der Waals surface area (Å²) in [5.41, 5.74) is 0.504. The number of rotatable bonds is 3. The molecule has 1 aromatic heterocycles. The molecule has 0 aliphatic carbocycles. The van der Waals surface area contributed by atoms with Crippen molar-refractivity contribution >= 4 is 23.3 Å². The standard InChI is InChI=1S/C15H23ClN4O2/c1-11(2)22-14-13(9-12(16)10-17-14)18-15(21)20-6-4-5-19(3)7-8-20/h9-11H,4-8H2,1-3H3,(H,18,21). The molecule has 1 fully saturated rings. The fourth-order valence-corrected chi connectivity index (χ4v) is 2.44. The highest BCUT2D eigenvalue weighted by Gasteiger charge is 2.19. The summed E-state index contributed by atoms with van der Waals surface area (Å²) in [7, 11) is 2.07. The Kier molecular flexibility index (Phi) is 5.85. The zero-order chi connectivity index (χ0) is 16.1. The van der Waals surface area contributed by atoms with Crippen LogP contribution in [0.3, 0.4) is 0 Å². The first kappa shape index (κ1) is 16.8. The van der Waals surface area contributed by atoms with E-state index in [2.05, 4.69) is 22.2 Å². The molecule has 1 saturated heterocycles. The number of carbonyl (C=O) groups excluding carboxylic acids is 1. The van der Waals surface area contributed by atoms with E-state index < -0.39 is 0 Å². The number of nitrogens with zero attached hydrogens (tertiary/aromatic N) is 3. The average molecular weight is 327 g/mol. The Morgan fingerprint density at radius 1 is 1.36 bits per heavy atom. The molecule has 122 valence electrons. The molecule has 0 atom stereocenters. The number of carbonyl (C=O) groups is 1. The van der Waals surface area contributed by atoms with Crippen molar-refractivity contribution < 1.29 is 9.53 Å². The predicted octanol–water partition coefficient (Wildman–Crippen LogP) is 2.69. The van der Waals surface area contributed by atoms with Gasteiger partial charge in [0.15, 0.2) is 0 Å². The number of urea groups is 1. The zero-order valence-electron chi connectivity index (χ0n) is 13.3. The number of likely N-dealkylation sites (N-methyl/N-ethyl adjacent to an activating group) is 1. The van der Waals surface area contributed by atoms with Crippen LogP contribution in [-0.2, 0) is 0 Å². The Morgan fingerprint density at radius 2 is 2.14 bits per heavy atom. The molecule has 0 unspecified atom stereocenters. The highest BCUT2D eigenvalue weighted by atomic mass is 35.5. The van der Waals surface area contributed by atoms with E-state index in [1.54, 1.807) is 6.07 Å². The number of aromatic nitrogens is 1. The molecule has 0 aromatic carbocycles. The number of hydrogen-bond donors (Lipinski definition) is 1. The third kappa shape index (κ3) is 4.74. The molecule has 0 bridgehead atoms. The third-order valence-corrected chi connectivity index (χ3v) is 3.62. The largest absolute Gasteiger partial charge is 0.473 e. The van der Waals surface area contributed by atoms with Crippen molar-refractivity contribution in [1.29, 1.82) is 0 Å². The number of nitrogens with one attached hydrogen (secondary N) is 1. The molecule has 7 heteroatoms. The highest BCUT2D eigenvalue weighted by Crippen LogP contribution is 2.26. The van der Waals surface area contributed by atoms with Gasteiger partial charge in [-0.2, -0.15) is 0 Å². The lowest BCUT2D eigenvalue weighted by Crippen LogP contribution is -2.37. The quantitative estimate of drug-likeness (QED) is 0.928. The van der Waals surface area contributed by atoms with Crippen LogP contribution in [0.2, 0.25) is 5.02 Å². The van der Waals surface area contributed by atoms with Gasteiger partial charge in [-0.15, -0.1) is 0 Å². The van der Waals surface area contributed by atoms with Crippen molar-refractivity contribution in [2.75, 3.05) is 38.5 Å². The number of ether oxygens (including phenoxy) is 1. The van der Waals surface area contributed by atoms with Gasteiger partial charge in [0.05, 0.1) is 11.1 Å². The van der Waals surface area contributed by atoms with Crippen molar-refractivity contribution in [3.05, 3.63) is 17.3 Å².